The number of esters is 1. The van der Waals surface area contributed by atoms with E-state index in [0.29, 0.717) is 26.9 Å². The van der Waals surface area contributed by atoms with Crippen LogP contribution in [0.2, 0.25) is 5.02 Å². The highest BCUT2D eigenvalue weighted by molar-refractivity contribution is 7.15. The van der Waals surface area contributed by atoms with Crippen molar-refractivity contribution < 1.29 is 23.9 Å². The van der Waals surface area contributed by atoms with Crippen LogP contribution in [-0.2, 0) is 4.74 Å². The molecule has 0 fully saturated rings. The Morgan fingerprint density at radius 3 is 2.53 bits per heavy atom. The fraction of sp³-hybridized carbons (Fsp3) is 0.208. The van der Waals surface area contributed by atoms with Gasteiger partial charge in [-0.3, -0.25) is 9.59 Å². The van der Waals surface area contributed by atoms with Gasteiger partial charge in [0.15, 0.2) is 5.78 Å². The van der Waals surface area contributed by atoms with Crippen LogP contribution in [0.5, 0.6) is 5.75 Å². The predicted octanol–water partition coefficient (Wildman–Crippen LogP) is 5.85. The summed E-state index contributed by atoms with van der Waals surface area (Å²) >= 11 is 7.18. The molecule has 2 aromatic carbocycles. The zero-order valence-corrected chi connectivity index (χ0v) is 19.2. The molecule has 0 radical (unpaired) electrons. The highest BCUT2D eigenvalue weighted by atomic mass is 35.5. The lowest BCUT2D eigenvalue weighted by Crippen LogP contribution is -2.36. The number of thiophene rings is 1. The van der Waals surface area contributed by atoms with Gasteiger partial charge in [-0.1, -0.05) is 23.7 Å². The van der Waals surface area contributed by atoms with Crippen LogP contribution in [0.25, 0.3) is 11.1 Å². The van der Waals surface area contributed by atoms with Crippen molar-refractivity contribution in [1.29, 1.82) is 0 Å². The first-order chi connectivity index (χ1) is 15.2. The molecule has 3 aromatic rings. The van der Waals surface area contributed by atoms with Gasteiger partial charge in [0, 0.05) is 21.5 Å². The van der Waals surface area contributed by atoms with Gasteiger partial charge in [0.25, 0.3) is 5.91 Å². The third-order valence-corrected chi connectivity index (χ3v) is 6.22. The smallest absolute Gasteiger partial charge is 0.341 e. The molecule has 1 N–H and O–H groups in total. The molecule has 8 heteroatoms. The summed E-state index contributed by atoms with van der Waals surface area (Å²) in [7, 11) is 1.29. The molecule has 2 heterocycles. The van der Waals surface area contributed by atoms with Crippen LogP contribution in [-0.4, -0.2) is 30.4 Å². The molecule has 1 amide bonds. The van der Waals surface area contributed by atoms with E-state index in [-0.39, 0.29) is 23.3 Å². The van der Waals surface area contributed by atoms with Gasteiger partial charge in [0.2, 0.25) is 0 Å². The van der Waals surface area contributed by atoms with Gasteiger partial charge in [-0.25, -0.2) is 4.79 Å². The van der Waals surface area contributed by atoms with Gasteiger partial charge < -0.3 is 14.8 Å². The number of carbonyl (C=O) groups excluding carboxylic acids is 3. The van der Waals surface area contributed by atoms with Crippen LogP contribution in [0, 0.1) is 0 Å². The van der Waals surface area contributed by atoms with Crippen LogP contribution in [0.3, 0.4) is 0 Å². The molecular formula is C24H20ClNO5S. The van der Waals surface area contributed by atoms with Crippen molar-refractivity contribution in [3.05, 3.63) is 69.6 Å². The number of ether oxygens (including phenoxy) is 2. The highest BCUT2D eigenvalue weighted by Gasteiger charge is 2.33. The fourth-order valence-electron chi connectivity index (χ4n) is 3.57. The average Bonchev–Trinajstić information content (AvgIpc) is 3.16. The quantitative estimate of drug-likeness (QED) is 0.484. The molecule has 164 valence electrons. The van der Waals surface area contributed by atoms with Crippen molar-refractivity contribution in [2.24, 2.45) is 0 Å². The summed E-state index contributed by atoms with van der Waals surface area (Å²) in [4.78, 5) is 38.0. The summed E-state index contributed by atoms with van der Waals surface area (Å²) in [5.74, 6) is -0.635. The minimum atomic E-state index is -0.585. The number of hydrogen-bond acceptors (Lipinski definition) is 6. The number of ketones is 1. The molecule has 1 aromatic heterocycles. The lowest BCUT2D eigenvalue weighted by Gasteiger charge is -2.31. The number of halogens is 1. The monoisotopic (exact) mass is 469 g/mol. The summed E-state index contributed by atoms with van der Waals surface area (Å²) in [5, 5.41) is 5.49. The molecule has 0 bridgehead atoms. The standard InChI is InChI=1S/C24H20ClNO5S/c1-24(2)11-18(27)16-10-14(6-9-19(16)31-24)21(28)26-22-20(23(29)30-3)17(12-32-22)13-4-7-15(25)8-5-13/h4-10,12H,11H2,1-3H3,(H,26,28). The number of anilines is 1. The molecule has 1 aliphatic rings. The van der Waals surface area contributed by atoms with Crippen LogP contribution in [0.4, 0.5) is 5.00 Å². The van der Waals surface area contributed by atoms with E-state index in [1.807, 2.05) is 13.8 Å². The zero-order chi connectivity index (χ0) is 23.0. The molecule has 0 aliphatic carbocycles. The maximum Gasteiger partial charge on any atom is 0.341 e. The first-order valence-corrected chi connectivity index (χ1v) is 11.1. The van der Waals surface area contributed by atoms with Crippen molar-refractivity contribution in [3.8, 4) is 16.9 Å². The molecule has 1 aliphatic heterocycles. The van der Waals surface area contributed by atoms with Gasteiger partial charge in [-0.15, -0.1) is 11.3 Å². The topological polar surface area (TPSA) is 81.7 Å². The molecule has 6 nitrogen and oxygen atoms in total. The molecule has 0 atom stereocenters. The maximum absolute atomic E-state index is 13.0. The van der Waals surface area contributed by atoms with E-state index in [1.165, 1.54) is 24.5 Å². The van der Waals surface area contributed by atoms with E-state index in [4.69, 9.17) is 21.1 Å². The van der Waals surface area contributed by atoms with E-state index in [0.717, 1.165) is 5.56 Å². The summed E-state index contributed by atoms with van der Waals surface area (Å²) in [5.41, 5.74) is 1.73. The van der Waals surface area contributed by atoms with Gasteiger partial charge in [-0.05, 0) is 49.7 Å². The van der Waals surface area contributed by atoms with E-state index < -0.39 is 17.5 Å². The van der Waals surface area contributed by atoms with Crippen LogP contribution < -0.4 is 10.1 Å². The van der Waals surface area contributed by atoms with E-state index in [9.17, 15) is 14.4 Å². The third-order valence-electron chi connectivity index (χ3n) is 5.08. The summed E-state index contributed by atoms with van der Waals surface area (Å²) in [6.07, 6.45) is 0.229. The number of carbonyl (C=O) groups is 3. The highest BCUT2D eigenvalue weighted by Crippen LogP contribution is 2.37. The molecule has 0 saturated carbocycles. The molecule has 0 spiro atoms. The number of hydrogen-bond donors (Lipinski definition) is 1. The first kappa shape index (κ1) is 22.0. The minimum Gasteiger partial charge on any atom is -0.487 e. The van der Waals surface area contributed by atoms with Crippen molar-refractivity contribution in [3.63, 3.8) is 0 Å². The van der Waals surface area contributed by atoms with Crippen molar-refractivity contribution in [2.75, 3.05) is 12.4 Å². The summed E-state index contributed by atoms with van der Waals surface area (Å²) in [6.45, 7) is 3.69. The molecule has 32 heavy (non-hydrogen) atoms. The van der Waals surface area contributed by atoms with E-state index in [2.05, 4.69) is 5.32 Å². The number of Topliss-reactive ketones (excluding diaryl/α,β-unsaturated/α-hetero) is 1. The van der Waals surface area contributed by atoms with Gasteiger partial charge in [0.05, 0.1) is 19.1 Å². The first-order valence-electron chi connectivity index (χ1n) is 9.82. The second kappa shape index (κ2) is 8.41. The Morgan fingerprint density at radius 2 is 1.84 bits per heavy atom. The SMILES string of the molecule is COC(=O)c1c(-c2ccc(Cl)cc2)csc1NC(=O)c1ccc2c(c1)C(=O)CC(C)(C)O2. The molecule has 0 saturated heterocycles. The number of nitrogens with one attached hydrogen (secondary N) is 1. The van der Waals surface area contributed by atoms with E-state index >= 15 is 0 Å². The number of benzene rings is 2. The number of fused-ring (bicyclic) bond motifs is 1. The predicted molar refractivity (Wildman–Crippen MR) is 124 cm³/mol. The normalized spacial score (nSPS) is 14.3. The molecule has 0 unspecified atom stereocenters. The molecule has 4 rings (SSSR count). The Hall–Kier alpha value is -3.16. The molecular weight excluding hydrogens is 450 g/mol. The van der Waals surface area contributed by atoms with Crippen LogP contribution in [0.15, 0.2) is 47.8 Å². The fourth-order valence-corrected chi connectivity index (χ4v) is 4.64. The van der Waals surface area contributed by atoms with Crippen molar-refractivity contribution in [2.45, 2.75) is 25.9 Å². The van der Waals surface area contributed by atoms with Gasteiger partial charge in [-0.2, -0.15) is 0 Å². The van der Waals surface area contributed by atoms with Crippen LogP contribution >= 0.6 is 22.9 Å². The largest absolute Gasteiger partial charge is 0.487 e. The number of methoxy groups -OCH3 is 1. The summed E-state index contributed by atoms with van der Waals surface area (Å²) in [6, 6.07) is 11.8. The second-order valence-electron chi connectivity index (χ2n) is 7.98. The Morgan fingerprint density at radius 1 is 1.12 bits per heavy atom. The maximum atomic E-state index is 13.0. The number of amides is 1. The third kappa shape index (κ3) is 4.26. The average molecular weight is 470 g/mol. The Balaban J connectivity index is 1.65. The van der Waals surface area contributed by atoms with Gasteiger partial charge >= 0.3 is 5.97 Å². The summed E-state index contributed by atoms with van der Waals surface area (Å²) < 4.78 is 10.8. The van der Waals surface area contributed by atoms with Gasteiger partial charge in [0.1, 0.15) is 21.9 Å². The zero-order valence-electron chi connectivity index (χ0n) is 17.7. The Labute approximate surface area is 194 Å². The Kier molecular flexibility index (Phi) is 5.79. The minimum absolute atomic E-state index is 0.0812. The van der Waals surface area contributed by atoms with Crippen molar-refractivity contribution in [1.82, 2.24) is 0 Å². The van der Waals surface area contributed by atoms with E-state index in [1.54, 1.807) is 41.8 Å². The van der Waals surface area contributed by atoms with Crippen molar-refractivity contribution >= 4 is 45.6 Å². The number of rotatable bonds is 4. The Bertz CT molecular complexity index is 1230. The lowest BCUT2D eigenvalue weighted by atomic mass is 9.92. The second-order valence-corrected chi connectivity index (χ2v) is 9.29. The van der Waals surface area contributed by atoms with Crippen LogP contribution in [0.1, 0.15) is 51.3 Å². The lowest BCUT2D eigenvalue weighted by molar-refractivity contribution is 0.0598.